The molecule has 0 aliphatic carbocycles. The molecule has 1 aliphatic rings. The topological polar surface area (TPSA) is 168 Å². The maximum atomic E-state index is 13.0. The number of anilines is 1. The number of hydrogen-bond donors (Lipinski definition) is 3. The van der Waals surface area contributed by atoms with Gasteiger partial charge in [0.1, 0.15) is 12.0 Å². The van der Waals surface area contributed by atoms with E-state index in [2.05, 4.69) is 33.7 Å². The fraction of sp³-hybridized carbons (Fsp3) is 0.429. The molecule has 3 aromatic rings. The molecule has 210 valence electrons. The van der Waals surface area contributed by atoms with Gasteiger partial charge in [0.15, 0.2) is 0 Å². The molecule has 3 aromatic heterocycles. The number of fused-ring (bicyclic) bond motifs is 1. The van der Waals surface area contributed by atoms with E-state index in [4.69, 9.17) is 10.5 Å². The van der Waals surface area contributed by atoms with Crippen LogP contribution < -0.4 is 16.4 Å². The van der Waals surface area contributed by atoms with Crippen LogP contribution in [0.15, 0.2) is 36.8 Å². The first-order chi connectivity index (χ1) is 19.1. The van der Waals surface area contributed by atoms with Crippen LogP contribution >= 0.6 is 0 Å². The van der Waals surface area contributed by atoms with Gasteiger partial charge in [-0.25, -0.2) is 4.52 Å². The Balaban J connectivity index is 1.61. The number of primary amides is 1. The Morgan fingerprint density at radius 3 is 2.62 bits per heavy atom. The molecule has 0 unspecified atom stereocenters. The van der Waals surface area contributed by atoms with Crippen LogP contribution in [-0.4, -0.2) is 70.1 Å². The number of rotatable bonds is 10. The Morgan fingerprint density at radius 2 is 2.00 bits per heavy atom. The van der Waals surface area contributed by atoms with E-state index in [1.807, 2.05) is 24.4 Å². The number of nitrogens with zero attached hydrogens (tertiary/aromatic N) is 5. The van der Waals surface area contributed by atoms with Gasteiger partial charge in [0.25, 0.3) is 5.91 Å². The van der Waals surface area contributed by atoms with Crippen molar-refractivity contribution in [3.05, 3.63) is 48.0 Å². The number of ether oxygens (including phenoxy) is 1. The summed E-state index contributed by atoms with van der Waals surface area (Å²) in [5.74, 6) is -0.946. The summed E-state index contributed by atoms with van der Waals surface area (Å²) < 4.78 is 6.48. The lowest BCUT2D eigenvalue weighted by molar-refractivity contribution is -0.136. The summed E-state index contributed by atoms with van der Waals surface area (Å²) in [6.07, 6.45) is 5.78. The molecule has 12 nitrogen and oxygen atoms in total. The second kappa shape index (κ2) is 11.7. The Hall–Kier alpha value is -4.50. The molecule has 3 amide bonds. The third-order valence-electron chi connectivity index (χ3n) is 7.20. The molecule has 12 heteroatoms. The van der Waals surface area contributed by atoms with Crippen LogP contribution in [0.3, 0.4) is 0 Å². The Bertz CT molecular complexity index is 1460. The maximum absolute atomic E-state index is 13.0. The van der Waals surface area contributed by atoms with Gasteiger partial charge in [-0.3, -0.25) is 19.4 Å². The smallest absolute Gasteiger partial charge is 0.252 e. The van der Waals surface area contributed by atoms with Crippen LogP contribution in [0.25, 0.3) is 16.6 Å². The number of carbonyl (C=O) groups excluding carboxylic acids is 3. The summed E-state index contributed by atoms with van der Waals surface area (Å²) in [5, 5.41) is 20.1. The van der Waals surface area contributed by atoms with E-state index in [1.165, 1.54) is 13.3 Å². The molecule has 0 spiro atoms. The minimum Gasteiger partial charge on any atom is -0.378 e. The van der Waals surface area contributed by atoms with Gasteiger partial charge in [-0.2, -0.15) is 10.4 Å². The van der Waals surface area contributed by atoms with Gasteiger partial charge >= 0.3 is 0 Å². The van der Waals surface area contributed by atoms with E-state index >= 15 is 0 Å². The van der Waals surface area contributed by atoms with Crippen molar-refractivity contribution in [2.45, 2.75) is 39.8 Å². The van der Waals surface area contributed by atoms with Crippen molar-refractivity contribution in [3.63, 3.8) is 0 Å². The van der Waals surface area contributed by atoms with E-state index in [0.717, 1.165) is 17.5 Å². The molecule has 0 aromatic carbocycles. The molecule has 1 aliphatic heterocycles. The third-order valence-corrected chi connectivity index (χ3v) is 7.20. The summed E-state index contributed by atoms with van der Waals surface area (Å²) >= 11 is 0. The first-order valence-electron chi connectivity index (χ1n) is 13.1. The highest BCUT2D eigenvalue weighted by atomic mass is 16.5. The van der Waals surface area contributed by atoms with E-state index in [1.54, 1.807) is 29.5 Å². The average molecular weight is 547 g/mol. The van der Waals surface area contributed by atoms with Gasteiger partial charge in [-0.05, 0) is 38.3 Å². The highest BCUT2D eigenvalue weighted by molar-refractivity contribution is 6.02. The summed E-state index contributed by atoms with van der Waals surface area (Å²) in [5.41, 5.74) is 8.38. The van der Waals surface area contributed by atoms with Crippen LogP contribution in [-0.2, 0) is 20.9 Å². The van der Waals surface area contributed by atoms with Gasteiger partial charge in [-0.15, -0.1) is 0 Å². The second-order valence-electron chi connectivity index (χ2n) is 10.5. The summed E-state index contributed by atoms with van der Waals surface area (Å²) in [4.78, 5) is 43.2. The van der Waals surface area contributed by atoms with Gasteiger partial charge in [0.2, 0.25) is 11.8 Å². The maximum Gasteiger partial charge on any atom is 0.252 e. The minimum atomic E-state index is -1.12. The molecule has 2 atom stereocenters. The molecule has 4 heterocycles. The number of amides is 3. The van der Waals surface area contributed by atoms with Crippen molar-refractivity contribution in [2.24, 2.45) is 17.1 Å². The zero-order valence-electron chi connectivity index (χ0n) is 23.1. The lowest BCUT2D eigenvalue weighted by Crippen LogP contribution is -2.40. The number of carbonyl (C=O) groups is 3. The molecule has 0 saturated carbocycles. The van der Waals surface area contributed by atoms with Crippen molar-refractivity contribution in [1.29, 1.82) is 5.26 Å². The van der Waals surface area contributed by atoms with E-state index in [9.17, 15) is 19.6 Å². The molecule has 4 N–H and O–H groups in total. The highest BCUT2D eigenvalue weighted by Gasteiger charge is 2.40. The van der Waals surface area contributed by atoms with Crippen molar-refractivity contribution < 1.29 is 19.1 Å². The molecule has 4 rings (SSSR count). The number of nitriles is 1. The lowest BCUT2D eigenvalue weighted by Gasteiger charge is -2.24. The molecular formula is C28H34N8O4. The largest absolute Gasteiger partial charge is 0.378 e. The van der Waals surface area contributed by atoms with E-state index in [-0.39, 0.29) is 42.5 Å². The first-order valence-corrected chi connectivity index (χ1v) is 13.1. The minimum absolute atomic E-state index is 0.0158. The molecular weight excluding hydrogens is 512 g/mol. The van der Waals surface area contributed by atoms with E-state index in [0.29, 0.717) is 30.0 Å². The Morgan fingerprint density at radius 1 is 1.23 bits per heavy atom. The fourth-order valence-electron chi connectivity index (χ4n) is 4.87. The normalized spacial score (nSPS) is 17.0. The number of methoxy groups -OCH3 is 1. The number of nitrogens with two attached hydrogens (primary N) is 1. The van der Waals surface area contributed by atoms with Crippen LogP contribution in [0, 0.1) is 22.7 Å². The number of likely N-dealkylation sites (tertiary alicyclic amines) is 1. The zero-order chi connectivity index (χ0) is 29.0. The SMILES string of the molecule is CC[C@H]1CN(C(=O)C(C)(C)C#N)C[C@H]1Nc1c(C(N)=O)cnn2cc(-c3ccc(CNC(=O)COC)nc3)cc12. The molecule has 1 fully saturated rings. The molecule has 40 heavy (non-hydrogen) atoms. The standard InChI is InChI=1S/C28H34N8O4/c1-5-17-12-35(27(39)28(2,3)16-29)14-22(17)34-25-21(26(30)38)11-33-36-13-19(8-23(25)36)18-6-7-20(31-9-18)10-32-24(37)15-40-4/h6-9,11,13,17,22,34H,5,10,12,14-15H2,1-4H3,(H2,30,38)(H,32,37)/t17-,22+/m0/s1. The second-order valence-corrected chi connectivity index (χ2v) is 10.5. The third kappa shape index (κ3) is 5.89. The van der Waals surface area contributed by atoms with E-state index < -0.39 is 11.3 Å². The lowest BCUT2D eigenvalue weighted by atomic mass is 9.94. The molecule has 0 radical (unpaired) electrons. The number of aromatic nitrogens is 3. The van der Waals surface area contributed by atoms with Crippen LogP contribution in [0.2, 0.25) is 0 Å². The quantitative estimate of drug-likeness (QED) is 0.347. The number of pyridine rings is 1. The summed E-state index contributed by atoms with van der Waals surface area (Å²) in [7, 11) is 1.46. The fourth-order valence-corrected chi connectivity index (χ4v) is 4.87. The number of hydrogen-bond acceptors (Lipinski definition) is 8. The predicted molar refractivity (Wildman–Crippen MR) is 148 cm³/mol. The highest BCUT2D eigenvalue weighted by Crippen LogP contribution is 2.32. The van der Waals surface area contributed by atoms with Gasteiger partial charge in [0.05, 0.1) is 41.3 Å². The number of nitrogens with one attached hydrogen (secondary N) is 2. The predicted octanol–water partition coefficient (Wildman–Crippen LogP) is 1.96. The van der Waals surface area contributed by atoms with Gasteiger partial charge < -0.3 is 26.0 Å². The molecule has 1 saturated heterocycles. The van der Waals surface area contributed by atoms with Gasteiger partial charge in [-0.1, -0.05) is 13.0 Å². The van der Waals surface area contributed by atoms with Crippen LogP contribution in [0.1, 0.15) is 43.2 Å². The molecule has 0 bridgehead atoms. The summed E-state index contributed by atoms with van der Waals surface area (Å²) in [6.45, 7) is 6.47. The van der Waals surface area contributed by atoms with Crippen molar-refractivity contribution >= 4 is 28.9 Å². The first kappa shape index (κ1) is 28.5. The zero-order valence-corrected chi connectivity index (χ0v) is 23.1. The van der Waals surface area contributed by atoms with Crippen LogP contribution in [0.5, 0.6) is 0 Å². The Kier molecular flexibility index (Phi) is 8.35. The monoisotopic (exact) mass is 546 g/mol. The van der Waals surface area contributed by atoms with Crippen LogP contribution in [0.4, 0.5) is 5.69 Å². The van der Waals surface area contributed by atoms with Crippen molar-refractivity contribution in [1.82, 2.24) is 24.8 Å². The summed E-state index contributed by atoms with van der Waals surface area (Å²) in [6, 6.07) is 7.56. The van der Waals surface area contributed by atoms with Crippen molar-refractivity contribution in [3.8, 4) is 17.2 Å². The Labute approximate surface area is 232 Å². The average Bonchev–Trinajstić information content (AvgIpc) is 3.56. The van der Waals surface area contributed by atoms with Crippen molar-refractivity contribution in [2.75, 3.05) is 32.1 Å². The van der Waals surface area contributed by atoms with Gasteiger partial charge in [0, 0.05) is 49.8 Å².